The monoisotopic (exact) mass is 263 g/mol. The van der Waals surface area contributed by atoms with Crippen molar-refractivity contribution in [3.8, 4) is 0 Å². The van der Waals surface area contributed by atoms with Crippen LogP contribution in [0.25, 0.3) is 0 Å². The van der Waals surface area contributed by atoms with Gasteiger partial charge in [-0.1, -0.05) is 0 Å². The highest BCUT2D eigenvalue weighted by atomic mass is 16.6. The van der Waals surface area contributed by atoms with E-state index in [1.54, 1.807) is 0 Å². The molecule has 1 heterocycles. The number of fused-ring (bicyclic) bond motifs is 1. The fourth-order valence-electron chi connectivity index (χ4n) is 1.82. The molecule has 98 valence electrons. The lowest BCUT2D eigenvalue weighted by Gasteiger charge is -2.11. The molecule has 0 unspecified atom stereocenters. The van der Waals surface area contributed by atoms with Crippen LogP contribution in [0.5, 0.6) is 0 Å². The third kappa shape index (κ3) is 2.15. The lowest BCUT2D eigenvalue weighted by molar-refractivity contribution is -0.384. The number of rotatable bonds is 4. The van der Waals surface area contributed by atoms with Crippen molar-refractivity contribution in [3.05, 3.63) is 39.4 Å². The van der Waals surface area contributed by atoms with E-state index in [9.17, 15) is 24.5 Å². The smallest absolute Gasteiger partial charge is 0.270 e. The molecule has 2 N–H and O–H groups in total. The summed E-state index contributed by atoms with van der Waals surface area (Å²) in [6.45, 7) is -0.129. The van der Waals surface area contributed by atoms with Crippen molar-refractivity contribution in [2.45, 2.75) is 6.42 Å². The summed E-state index contributed by atoms with van der Waals surface area (Å²) in [5.41, 5.74) is 4.76. The largest absolute Gasteiger partial charge is 0.370 e. The van der Waals surface area contributed by atoms with Crippen molar-refractivity contribution in [3.63, 3.8) is 0 Å². The van der Waals surface area contributed by atoms with Crippen LogP contribution in [-0.2, 0) is 4.79 Å². The Hall–Kier alpha value is -2.77. The second-order valence-corrected chi connectivity index (χ2v) is 3.97. The van der Waals surface area contributed by atoms with Crippen LogP contribution in [0.4, 0.5) is 5.69 Å². The van der Waals surface area contributed by atoms with E-state index in [0.717, 1.165) is 17.0 Å². The summed E-state index contributed by atoms with van der Waals surface area (Å²) in [6.07, 6.45) is -0.145. The SMILES string of the molecule is NC(=O)CCN1C(=O)c2ccc([N+](=O)[O-])cc2C1=O. The van der Waals surface area contributed by atoms with E-state index < -0.39 is 22.6 Å². The molecular weight excluding hydrogens is 254 g/mol. The second kappa shape index (κ2) is 4.48. The number of carbonyl (C=O) groups excluding carboxylic acids is 3. The van der Waals surface area contributed by atoms with Crippen LogP contribution in [0, 0.1) is 10.1 Å². The Labute approximate surface area is 106 Å². The minimum absolute atomic E-state index is 0.0244. The summed E-state index contributed by atoms with van der Waals surface area (Å²) in [5, 5.41) is 10.6. The maximum Gasteiger partial charge on any atom is 0.270 e. The lowest BCUT2D eigenvalue weighted by atomic mass is 10.1. The maximum atomic E-state index is 11.9. The van der Waals surface area contributed by atoms with E-state index in [0.29, 0.717) is 0 Å². The molecule has 1 aliphatic heterocycles. The average molecular weight is 263 g/mol. The summed E-state index contributed by atoms with van der Waals surface area (Å²) in [5.74, 6) is -1.86. The zero-order valence-electron chi connectivity index (χ0n) is 9.66. The highest BCUT2D eigenvalue weighted by molar-refractivity contribution is 6.21. The number of hydrogen-bond donors (Lipinski definition) is 1. The van der Waals surface area contributed by atoms with Gasteiger partial charge in [-0.2, -0.15) is 0 Å². The average Bonchev–Trinajstić information content (AvgIpc) is 2.59. The van der Waals surface area contributed by atoms with Crippen molar-refractivity contribution in [2.75, 3.05) is 6.54 Å². The Balaban J connectivity index is 2.33. The van der Waals surface area contributed by atoms with Crippen molar-refractivity contribution in [1.29, 1.82) is 0 Å². The first-order valence-corrected chi connectivity index (χ1v) is 5.34. The third-order valence-corrected chi connectivity index (χ3v) is 2.75. The van der Waals surface area contributed by atoms with Crippen LogP contribution in [0.1, 0.15) is 27.1 Å². The molecule has 19 heavy (non-hydrogen) atoms. The molecule has 1 aliphatic rings. The number of carbonyl (C=O) groups is 3. The molecule has 0 radical (unpaired) electrons. The van der Waals surface area contributed by atoms with Gasteiger partial charge in [0.05, 0.1) is 16.1 Å². The molecule has 0 saturated carbocycles. The fourth-order valence-corrected chi connectivity index (χ4v) is 1.82. The van der Waals surface area contributed by atoms with Crippen molar-refractivity contribution >= 4 is 23.4 Å². The molecular formula is C11H9N3O5. The summed E-state index contributed by atoms with van der Waals surface area (Å²) in [4.78, 5) is 45.3. The van der Waals surface area contributed by atoms with Gasteiger partial charge in [0.1, 0.15) is 0 Å². The number of nitrogens with two attached hydrogens (primary N) is 1. The quantitative estimate of drug-likeness (QED) is 0.467. The molecule has 8 nitrogen and oxygen atoms in total. The van der Waals surface area contributed by atoms with Gasteiger partial charge < -0.3 is 5.73 Å². The normalized spacial score (nSPS) is 13.6. The van der Waals surface area contributed by atoms with Gasteiger partial charge in [0, 0.05) is 25.1 Å². The van der Waals surface area contributed by atoms with Gasteiger partial charge >= 0.3 is 0 Å². The molecule has 0 spiro atoms. The summed E-state index contributed by atoms with van der Waals surface area (Å²) in [6, 6.07) is 3.44. The van der Waals surface area contributed by atoms with E-state index in [2.05, 4.69) is 0 Å². The van der Waals surface area contributed by atoms with Crippen molar-refractivity contribution < 1.29 is 19.3 Å². The Morgan fingerprint density at radius 1 is 1.26 bits per heavy atom. The molecule has 0 aromatic heterocycles. The maximum absolute atomic E-state index is 11.9. The molecule has 0 atom stereocenters. The fraction of sp³-hybridized carbons (Fsp3) is 0.182. The first kappa shape index (κ1) is 12.7. The van der Waals surface area contributed by atoms with Crippen LogP contribution >= 0.6 is 0 Å². The Bertz CT molecular complexity index is 610. The van der Waals surface area contributed by atoms with E-state index in [1.165, 1.54) is 6.07 Å². The Morgan fingerprint density at radius 3 is 2.47 bits per heavy atom. The van der Waals surface area contributed by atoms with Gasteiger partial charge in [-0.05, 0) is 6.07 Å². The topological polar surface area (TPSA) is 124 Å². The molecule has 1 aromatic rings. The predicted molar refractivity (Wildman–Crippen MR) is 62.3 cm³/mol. The summed E-state index contributed by atoms with van der Waals surface area (Å²) >= 11 is 0. The number of nitro groups is 1. The number of non-ortho nitro benzene ring substituents is 1. The number of benzene rings is 1. The van der Waals surface area contributed by atoms with E-state index in [-0.39, 0.29) is 29.8 Å². The Kier molecular flexibility index (Phi) is 2.99. The van der Waals surface area contributed by atoms with Crippen molar-refractivity contribution in [1.82, 2.24) is 4.90 Å². The molecule has 0 saturated heterocycles. The lowest BCUT2D eigenvalue weighted by Crippen LogP contribution is -2.33. The van der Waals surface area contributed by atoms with Crippen LogP contribution in [0.3, 0.4) is 0 Å². The second-order valence-electron chi connectivity index (χ2n) is 3.97. The van der Waals surface area contributed by atoms with Gasteiger partial charge in [-0.15, -0.1) is 0 Å². The molecule has 8 heteroatoms. The number of imide groups is 1. The van der Waals surface area contributed by atoms with Crippen LogP contribution < -0.4 is 5.73 Å². The molecule has 1 aromatic carbocycles. The zero-order chi connectivity index (χ0) is 14.2. The van der Waals surface area contributed by atoms with Crippen LogP contribution in [0.15, 0.2) is 18.2 Å². The number of nitrogens with zero attached hydrogens (tertiary/aromatic N) is 2. The zero-order valence-corrected chi connectivity index (χ0v) is 9.66. The van der Waals surface area contributed by atoms with E-state index >= 15 is 0 Å². The van der Waals surface area contributed by atoms with Gasteiger partial charge in [-0.3, -0.25) is 29.4 Å². The van der Waals surface area contributed by atoms with Gasteiger partial charge in [-0.25, -0.2) is 0 Å². The predicted octanol–water partition coefficient (Wildman–Crippen LogP) is 0.0662. The molecule has 0 bridgehead atoms. The highest BCUT2D eigenvalue weighted by Gasteiger charge is 2.36. The van der Waals surface area contributed by atoms with Gasteiger partial charge in [0.25, 0.3) is 17.5 Å². The number of nitro benzene ring substituents is 1. The third-order valence-electron chi connectivity index (χ3n) is 2.75. The molecule has 3 amide bonds. The number of hydrogen-bond acceptors (Lipinski definition) is 5. The van der Waals surface area contributed by atoms with Gasteiger partial charge in [0.15, 0.2) is 0 Å². The standard InChI is InChI=1S/C11H9N3O5/c12-9(15)3-4-13-10(16)7-2-1-6(14(18)19)5-8(7)11(13)17/h1-2,5H,3-4H2,(H2,12,15). The number of amides is 3. The Morgan fingerprint density at radius 2 is 1.89 bits per heavy atom. The summed E-state index contributed by atoms with van der Waals surface area (Å²) < 4.78 is 0. The number of primary amides is 1. The molecule has 2 rings (SSSR count). The van der Waals surface area contributed by atoms with Gasteiger partial charge in [0.2, 0.25) is 5.91 Å². The van der Waals surface area contributed by atoms with Crippen molar-refractivity contribution in [2.24, 2.45) is 5.73 Å². The highest BCUT2D eigenvalue weighted by Crippen LogP contribution is 2.26. The molecule has 0 fully saturated rings. The van der Waals surface area contributed by atoms with Crippen LogP contribution in [0.2, 0.25) is 0 Å². The summed E-state index contributed by atoms with van der Waals surface area (Å²) in [7, 11) is 0. The first-order chi connectivity index (χ1) is 8.91. The van der Waals surface area contributed by atoms with E-state index in [4.69, 9.17) is 5.73 Å². The minimum Gasteiger partial charge on any atom is -0.370 e. The first-order valence-electron chi connectivity index (χ1n) is 5.34. The van der Waals surface area contributed by atoms with E-state index in [1.807, 2.05) is 0 Å². The minimum atomic E-state index is -0.649. The van der Waals surface area contributed by atoms with Crippen LogP contribution in [-0.4, -0.2) is 34.1 Å². The molecule has 0 aliphatic carbocycles.